The number of amides is 2. The van der Waals surface area contributed by atoms with Gasteiger partial charge in [0.25, 0.3) is 0 Å². The Morgan fingerprint density at radius 1 is 0.775 bits per heavy atom. The summed E-state index contributed by atoms with van der Waals surface area (Å²) in [5.41, 5.74) is 6.46. The van der Waals surface area contributed by atoms with Crippen molar-refractivity contribution in [2.75, 3.05) is 10.6 Å². The van der Waals surface area contributed by atoms with Crippen molar-refractivity contribution in [3.05, 3.63) is 120 Å². The number of carbonyl (C=O) groups excluding carboxylic acids is 2. The van der Waals surface area contributed by atoms with Crippen LogP contribution in [0.25, 0.3) is 22.3 Å². The van der Waals surface area contributed by atoms with Crippen LogP contribution in [-0.2, 0) is 21.4 Å². The van der Waals surface area contributed by atoms with Crippen LogP contribution in [0.2, 0.25) is 0 Å². The fraction of sp³-hybridized carbons (Fsp3) is 0.200. The van der Waals surface area contributed by atoms with Crippen LogP contribution in [0.3, 0.4) is 0 Å². The number of carbonyl (C=O) groups is 2. The molecule has 5 heteroatoms. The number of hydrogen-bond acceptors (Lipinski definition) is 3. The predicted octanol–water partition coefficient (Wildman–Crippen LogP) is 8.32. The Labute approximate surface area is 235 Å². The van der Waals surface area contributed by atoms with Gasteiger partial charge in [0.2, 0.25) is 11.8 Å². The van der Waals surface area contributed by atoms with E-state index in [-0.39, 0.29) is 17.2 Å². The molecule has 0 fully saturated rings. The maximum absolute atomic E-state index is 13.7. The van der Waals surface area contributed by atoms with Crippen LogP contribution < -0.4 is 10.6 Å². The molecular formula is C35H34N2O3. The largest absolute Gasteiger partial charge is 0.456 e. The summed E-state index contributed by atoms with van der Waals surface area (Å²) in [7, 11) is 0. The van der Waals surface area contributed by atoms with Gasteiger partial charge in [0, 0.05) is 29.2 Å². The molecule has 4 aromatic carbocycles. The van der Waals surface area contributed by atoms with Gasteiger partial charge in [0.1, 0.15) is 11.3 Å². The summed E-state index contributed by atoms with van der Waals surface area (Å²) in [6, 6.07) is 33.7. The minimum Gasteiger partial charge on any atom is -0.456 e. The van der Waals surface area contributed by atoms with Crippen molar-refractivity contribution >= 4 is 34.2 Å². The third-order valence-corrected chi connectivity index (χ3v) is 7.07. The molecule has 5 aromatic rings. The van der Waals surface area contributed by atoms with Gasteiger partial charge in [-0.2, -0.15) is 0 Å². The lowest BCUT2D eigenvalue weighted by Gasteiger charge is -2.22. The number of anilines is 2. The number of benzene rings is 4. The highest BCUT2D eigenvalue weighted by atomic mass is 16.3. The summed E-state index contributed by atoms with van der Waals surface area (Å²) in [6.45, 7) is 8.02. The molecule has 2 amide bonds. The van der Waals surface area contributed by atoms with E-state index < -0.39 is 5.92 Å². The van der Waals surface area contributed by atoms with Crippen molar-refractivity contribution in [2.24, 2.45) is 0 Å². The molecule has 5 nitrogen and oxygen atoms in total. The lowest BCUT2D eigenvalue weighted by Crippen LogP contribution is -2.23. The molecule has 1 aromatic heterocycles. The van der Waals surface area contributed by atoms with Gasteiger partial charge in [0.05, 0.1) is 5.92 Å². The third kappa shape index (κ3) is 6.32. The van der Waals surface area contributed by atoms with Gasteiger partial charge in [0.15, 0.2) is 0 Å². The molecule has 0 aliphatic carbocycles. The Morgan fingerprint density at radius 2 is 1.40 bits per heavy atom. The molecular weight excluding hydrogens is 496 g/mol. The van der Waals surface area contributed by atoms with E-state index >= 15 is 0 Å². The molecule has 5 rings (SSSR count). The molecule has 1 atom stereocenters. The Bertz CT molecular complexity index is 1590. The zero-order chi connectivity index (χ0) is 28.3. The quantitative estimate of drug-likeness (QED) is 0.222. The number of nitrogens with one attached hydrogen (secondary N) is 2. The average molecular weight is 531 g/mol. The first-order valence-electron chi connectivity index (χ1n) is 13.5. The highest BCUT2D eigenvalue weighted by molar-refractivity contribution is 5.96. The van der Waals surface area contributed by atoms with E-state index in [1.807, 2.05) is 78.9 Å². The van der Waals surface area contributed by atoms with Crippen LogP contribution >= 0.6 is 0 Å². The smallest absolute Gasteiger partial charge is 0.232 e. The van der Waals surface area contributed by atoms with Gasteiger partial charge in [-0.05, 0) is 77.1 Å². The SMILES string of the molecule is CC(=O)Nc1ccc(CC(C(=O)Nc2ccc(-c3cc4ccccc4o3)cc2)c2ccc(C(C)(C)C)cc2)cc1. The molecule has 0 aliphatic heterocycles. The Hall–Kier alpha value is -4.64. The van der Waals surface area contributed by atoms with Gasteiger partial charge in [-0.3, -0.25) is 9.59 Å². The first kappa shape index (κ1) is 26.9. The van der Waals surface area contributed by atoms with Crippen molar-refractivity contribution in [2.45, 2.75) is 45.4 Å². The lowest BCUT2D eigenvalue weighted by molar-refractivity contribution is -0.117. The van der Waals surface area contributed by atoms with Crippen molar-refractivity contribution in [1.29, 1.82) is 0 Å². The first-order chi connectivity index (χ1) is 19.2. The molecule has 1 heterocycles. The zero-order valence-electron chi connectivity index (χ0n) is 23.3. The van der Waals surface area contributed by atoms with Crippen LogP contribution in [0.15, 0.2) is 108 Å². The summed E-state index contributed by atoms with van der Waals surface area (Å²) in [6.07, 6.45) is 0.526. The van der Waals surface area contributed by atoms with Crippen molar-refractivity contribution in [3.8, 4) is 11.3 Å². The minimum atomic E-state index is -0.393. The van der Waals surface area contributed by atoms with Crippen LogP contribution in [0.4, 0.5) is 11.4 Å². The van der Waals surface area contributed by atoms with Crippen molar-refractivity contribution < 1.29 is 14.0 Å². The van der Waals surface area contributed by atoms with Crippen LogP contribution in [0.1, 0.15) is 50.3 Å². The van der Waals surface area contributed by atoms with Crippen LogP contribution in [-0.4, -0.2) is 11.8 Å². The summed E-state index contributed by atoms with van der Waals surface area (Å²) < 4.78 is 5.99. The highest BCUT2D eigenvalue weighted by Gasteiger charge is 2.23. The molecule has 1 unspecified atom stereocenters. The fourth-order valence-corrected chi connectivity index (χ4v) is 4.81. The monoisotopic (exact) mass is 530 g/mol. The number of para-hydroxylation sites is 1. The van der Waals surface area contributed by atoms with E-state index in [1.54, 1.807) is 0 Å². The molecule has 0 radical (unpaired) electrons. The lowest BCUT2D eigenvalue weighted by atomic mass is 9.84. The maximum Gasteiger partial charge on any atom is 0.232 e. The molecule has 202 valence electrons. The first-order valence-corrected chi connectivity index (χ1v) is 13.5. The normalized spacial score (nSPS) is 12.2. The topological polar surface area (TPSA) is 71.3 Å². The summed E-state index contributed by atoms with van der Waals surface area (Å²) >= 11 is 0. The fourth-order valence-electron chi connectivity index (χ4n) is 4.81. The van der Waals surface area contributed by atoms with Crippen LogP contribution in [0.5, 0.6) is 0 Å². The second kappa shape index (κ2) is 11.2. The minimum absolute atomic E-state index is 0.0252. The standard InChI is InChI=1S/C35H34N2O3/c1-23(38)36-29-17-9-24(10-18-29)21-31(25-11-15-28(16-12-25)35(2,3)4)34(39)37-30-19-13-26(14-20-30)33-22-27-7-5-6-8-32(27)40-33/h5-20,22,31H,21H2,1-4H3,(H,36,38)(H,37,39). The third-order valence-electron chi connectivity index (χ3n) is 7.07. The molecule has 0 saturated heterocycles. The summed E-state index contributed by atoms with van der Waals surface area (Å²) in [5, 5.41) is 6.97. The van der Waals surface area contributed by atoms with E-state index in [0.717, 1.165) is 44.8 Å². The van der Waals surface area contributed by atoms with Gasteiger partial charge in [-0.25, -0.2) is 0 Å². The summed E-state index contributed by atoms with van der Waals surface area (Å²) in [4.78, 5) is 25.1. The summed E-state index contributed by atoms with van der Waals surface area (Å²) in [5.74, 6) is 0.204. The molecule has 0 spiro atoms. The Balaban J connectivity index is 1.37. The number of fused-ring (bicyclic) bond motifs is 1. The van der Waals surface area contributed by atoms with E-state index in [2.05, 4.69) is 55.7 Å². The molecule has 0 saturated carbocycles. The van der Waals surface area contributed by atoms with E-state index in [0.29, 0.717) is 6.42 Å². The van der Waals surface area contributed by atoms with E-state index in [4.69, 9.17) is 4.42 Å². The van der Waals surface area contributed by atoms with Gasteiger partial charge >= 0.3 is 0 Å². The van der Waals surface area contributed by atoms with Crippen LogP contribution in [0, 0.1) is 0 Å². The Morgan fingerprint density at radius 3 is 2.02 bits per heavy atom. The van der Waals surface area contributed by atoms with Crippen molar-refractivity contribution in [3.63, 3.8) is 0 Å². The molecule has 2 N–H and O–H groups in total. The van der Waals surface area contributed by atoms with Gasteiger partial charge in [-0.1, -0.05) is 75.4 Å². The number of furan rings is 1. The Kier molecular flexibility index (Phi) is 7.56. The molecule has 40 heavy (non-hydrogen) atoms. The number of hydrogen-bond donors (Lipinski definition) is 2. The molecule has 0 aliphatic rings. The van der Waals surface area contributed by atoms with E-state index in [1.165, 1.54) is 12.5 Å². The highest BCUT2D eigenvalue weighted by Crippen LogP contribution is 2.30. The predicted molar refractivity (Wildman–Crippen MR) is 163 cm³/mol. The van der Waals surface area contributed by atoms with E-state index in [9.17, 15) is 9.59 Å². The number of rotatable bonds is 7. The van der Waals surface area contributed by atoms with Gasteiger partial charge < -0.3 is 15.1 Å². The maximum atomic E-state index is 13.7. The average Bonchev–Trinajstić information content (AvgIpc) is 3.37. The second-order valence-corrected chi connectivity index (χ2v) is 11.2. The molecule has 0 bridgehead atoms. The second-order valence-electron chi connectivity index (χ2n) is 11.2. The van der Waals surface area contributed by atoms with Crippen molar-refractivity contribution in [1.82, 2.24) is 0 Å². The van der Waals surface area contributed by atoms with Gasteiger partial charge in [-0.15, -0.1) is 0 Å². The zero-order valence-corrected chi connectivity index (χ0v) is 23.3.